The standard InChI is InChI=1S/C18H25N3/c1-2-16-9-4-3-7-11-21(16)18-17-10-6-5-8-14(17)12-15(13-19)20-18/h5-6,8,10,12,16H,2-4,7,9,11,13,19H2,1H3. The lowest BCUT2D eigenvalue weighted by Crippen LogP contribution is -2.35. The Morgan fingerprint density at radius 1 is 1.24 bits per heavy atom. The van der Waals surface area contributed by atoms with Crippen molar-refractivity contribution in [2.24, 2.45) is 5.73 Å². The molecule has 3 heteroatoms. The first kappa shape index (κ1) is 14.3. The average molecular weight is 283 g/mol. The minimum atomic E-state index is 0.502. The summed E-state index contributed by atoms with van der Waals surface area (Å²) in [6.07, 6.45) is 6.40. The molecule has 1 aromatic carbocycles. The van der Waals surface area contributed by atoms with Crippen molar-refractivity contribution in [3.63, 3.8) is 0 Å². The van der Waals surface area contributed by atoms with Crippen molar-refractivity contribution >= 4 is 16.6 Å². The van der Waals surface area contributed by atoms with Crippen LogP contribution in [-0.4, -0.2) is 17.6 Å². The first-order valence-corrected chi connectivity index (χ1v) is 8.19. The van der Waals surface area contributed by atoms with Crippen molar-refractivity contribution in [2.45, 2.75) is 51.6 Å². The summed E-state index contributed by atoms with van der Waals surface area (Å²) in [6, 6.07) is 11.3. The molecule has 2 heterocycles. The molecule has 112 valence electrons. The molecule has 21 heavy (non-hydrogen) atoms. The second-order valence-electron chi connectivity index (χ2n) is 5.97. The molecule has 1 aromatic heterocycles. The lowest BCUT2D eigenvalue weighted by Gasteiger charge is -2.31. The molecule has 0 bridgehead atoms. The lowest BCUT2D eigenvalue weighted by molar-refractivity contribution is 0.553. The fourth-order valence-electron chi connectivity index (χ4n) is 3.44. The van der Waals surface area contributed by atoms with Crippen molar-refractivity contribution < 1.29 is 0 Å². The van der Waals surface area contributed by atoms with Gasteiger partial charge in [0.1, 0.15) is 5.82 Å². The van der Waals surface area contributed by atoms with Crippen LogP contribution in [-0.2, 0) is 6.54 Å². The third-order valence-electron chi connectivity index (χ3n) is 4.60. The first-order valence-electron chi connectivity index (χ1n) is 8.19. The Bertz CT molecular complexity index is 608. The van der Waals surface area contributed by atoms with E-state index in [1.54, 1.807) is 0 Å². The molecule has 1 atom stereocenters. The molecule has 1 fully saturated rings. The molecule has 2 N–H and O–H groups in total. The predicted octanol–water partition coefficient (Wildman–Crippen LogP) is 3.85. The van der Waals surface area contributed by atoms with Crippen molar-refractivity contribution in [3.05, 3.63) is 36.0 Å². The summed E-state index contributed by atoms with van der Waals surface area (Å²) in [5.41, 5.74) is 6.84. The van der Waals surface area contributed by atoms with Gasteiger partial charge in [-0.3, -0.25) is 0 Å². The van der Waals surface area contributed by atoms with Crippen LogP contribution in [0.3, 0.4) is 0 Å². The summed E-state index contributed by atoms with van der Waals surface area (Å²) >= 11 is 0. The van der Waals surface area contributed by atoms with E-state index in [0.29, 0.717) is 12.6 Å². The highest BCUT2D eigenvalue weighted by Crippen LogP contribution is 2.31. The Balaban J connectivity index is 2.12. The maximum atomic E-state index is 5.86. The average Bonchev–Trinajstić information content (AvgIpc) is 2.78. The van der Waals surface area contributed by atoms with Crippen LogP contribution in [0.5, 0.6) is 0 Å². The van der Waals surface area contributed by atoms with E-state index in [9.17, 15) is 0 Å². The number of nitrogens with two attached hydrogens (primary N) is 1. The van der Waals surface area contributed by atoms with Crippen LogP contribution in [0.2, 0.25) is 0 Å². The molecule has 3 rings (SSSR count). The number of hydrogen-bond acceptors (Lipinski definition) is 3. The molecular weight excluding hydrogens is 258 g/mol. The summed E-state index contributed by atoms with van der Waals surface area (Å²) in [5, 5.41) is 2.51. The topological polar surface area (TPSA) is 42.2 Å². The van der Waals surface area contributed by atoms with Gasteiger partial charge in [-0.05, 0) is 30.7 Å². The quantitative estimate of drug-likeness (QED) is 0.930. The molecule has 1 saturated heterocycles. The third-order valence-corrected chi connectivity index (χ3v) is 4.60. The van der Waals surface area contributed by atoms with Crippen LogP contribution in [0, 0.1) is 0 Å². The number of pyridine rings is 1. The van der Waals surface area contributed by atoms with Gasteiger partial charge in [-0.15, -0.1) is 0 Å². The van der Waals surface area contributed by atoms with Gasteiger partial charge in [0.25, 0.3) is 0 Å². The number of hydrogen-bond donors (Lipinski definition) is 1. The monoisotopic (exact) mass is 283 g/mol. The smallest absolute Gasteiger partial charge is 0.137 e. The Morgan fingerprint density at radius 2 is 2.10 bits per heavy atom. The van der Waals surface area contributed by atoms with Crippen LogP contribution < -0.4 is 10.6 Å². The Labute approximate surface area is 127 Å². The zero-order chi connectivity index (χ0) is 14.7. The summed E-state index contributed by atoms with van der Waals surface area (Å²) in [4.78, 5) is 7.42. The minimum Gasteiger partial charge on any atom is -0.353 e. The molecule has 3 nitrogen and oxygen atoms in total. The maximum Gasteiger partial charge on any atom is 0.137 e. The molecule has 0 saturated carbocycles. The first-order chi connectivity index (χ1) is 10.3. The summed E-state index contributed by atoms with van der Waals surface area (Å²) in [6.45, 7) is 3.91. The van der Waals surface area contributed by atoms with Gasteiger partial charge < -0.3 is 10.6 Å². The van der Waals surface area contributed by atoms with Gasteiger partial charge in [-0.2, -0.15) is 0 Å². The van der Waals surface area contributed by atoms with Crippen LogP contribution in [0.1, 0.15) is 44.7 Å². The van der Waals surface area contributed by atoms with E-state index >= 15 is 0 Å². The van der Waals surface area contributed by atoms with E-state index in [1.807, 2.05) is 0 Å². The third kappa shape index (κ3) is 2.88. The van der Waals surface area contributed by atoms with Gasteiger partial charge in [-0.25, -0.2) is 4.98 Å². The minimum absolute atomic E-state index is 0.502. The SMILES string of the molecule is CCC1CCCCCN1c1nc(CN)cc2ccccc12. The van der Waals surface area contributed by atoms with Gasteiger partial charge in [0, 0.05) is 24.5 Å². The largest absolute Gasteiger partial charge is 0.353 e. The maximum absolute atomic E-state index is 5.86. The Morgan fingerprint density at radius 3 is 2.90 bits per heavy atom. The van der Waals surface area contributed by atoms with Crippen molar-refractivity contribution in [1.29, 1.82) is 0 Å². The Kier molecular flexibility index (Phi) is 4.39. The fraction of sp³-hybridized carbons (Fsp3) is 0.500. The van der Waals surface area contributed by atoms with E-state index in [-0.39, 0.29) is 0 Å². The van der Waals surface area contributed by atoms with Gasteiger partial charge in [0.15, 0.2) is 0 Å². The zero-order valence-corrected chi connectivity index (χ0v) is 12.9. The van der Waals surface area contributed by atoms with E-state index in [1.165, 1.54) is 42.9 Å². The highest BCUT2D eigenvalue weighted by atomic mass is 15.2. The van der Waals surface area contributed by atoms with Gasteiger partial charge in [0.05, 0.1) is 5.69 Å². The molecule has 1 unspecified atom stereocenters. The second-order valence-corrected chi connectivity index (χ2v) is 5.97. The Hall–Kier alpha value is -1.61. The molecule has 0 radical (unpaired) electrons. The highest BCUT2D eigenvalue weighted by molar-refractivity contribution is 5.92. The van der Waals surface area contributed by atoms with E-state index in [0.717, 1.165) is 18.1 Å². The number of anilines is 1. The van der Waals surface area contributed by atoms with Crippen LogP contribution in [0.4, 0.5) is 5.82 Å². The van der Waals surface area contributed by atoms with Gasteiger partial charge >= 0.3 is 0 Å². The van der Waals surface area contributed by atoms with E-state index < -0.39 is 0 Å². The van der Waals surface area contributed by atoms with E-state index in [2.05, 4.69) is 42.2 Å². The number of aromatic nitrogens is 1. The van der Waals surface area contributed by atoms with Crippen LogP contribution in [0.25, 0.3) is 10.8 Å². The summed E-state index contributed by atoms with van der Waals surface area (Å²) < 4.78 is 0. The lowest BCUT2D eigenvalue weighted by atomic mass is 10.1. The number of rotatable bonds is 3. The van der Waals surface area contributed by atoms with Gasteiger partial charge in [-0.1, -0.05) is 44.0 Å². The fourth-order valence-corrected chi connectivity index (χ4v) is 3.44. The molecule has 0 amide bonds. The van der Waals surface area contributed by atoms with Crippen LogP contribution >= 0.6 is 0 Å². The van der Waals surface area contributed by atoms with Crippen LogP contribution in [0.15, 0.2) is 30.3 Å². The summed E-state index contributed by atoms with van der Waals surface area (Å²) in [5.74, 6) is 1.14. The zero-order valence-electron chi connectivity index (χ0n) is 12.9. The van der Waals surface area contributed by atoms with Crippen molar-refractivity contribution in [1.82, 2.24) is 4.98 Å². The molecule has 0 spiro atoms. The van der Waals surface area contributed by atoms with Crippen molar-refractivity contribution in [3.8, 4) is 0 Å². The predicted molar refractivity (Wildman–Crippen MR) is 89.5 cm³/mol. The molecule has 1 aliphatic rings. The number of fused-ring (bicyclic) bond motifs is 1. The van der Waals surface area contributed by atoms with Gasteiger partial charge in [0.2, 0.25) is 0 Å². The highest BCUT2D eigenvalue weighted by Gasteiger charge is 2.22. The van der Waals surface area contributed by atoms with E-state index in [4.69, 9.17) is 10.7 Å². The molecule has 1 aliphatic heterocycles. The second kappa shape index (κ2) is 6.44. The normalized spacial score (nSPS) is 19.7. The molecule has 0 aliphatic carbocycles. The summed E-state index contributed by atoms with van der Waals surface area (Å²) in [7, 11) is 0. The number of benzene rings is 1. The van der Waals surface area contributed by atoms with Crippen molar-refractivity contribution in [2.75, 3.05) is 11.4 Å². The molecular formula is C18H25N3. The number of nitrogens with zero attached hydrogens (tertiary/aromatic N) is 2. The molecule has 2 aromatic rings.